The monoisotopic (exact) mass is 445 g/mol. The van der Waals surface area contributed by atoms with Gasteiger partial charge in [-0.25, -0.2) is 4.98 Å². The van der Waals surface area contributed by atoms with Crippen LogP contribution in [-0.4, -0.2) is 48.1 Å². The van der Waals surface area contributed by atoms with E-state index < -0.39 is 0 Å². The summed E-state index contributed by atoms with van der Waals surface area (Å²) in [6, 6.07) is 15.6. The molecule has 1 fully saturated rings. The normalized spacial score (nSPS) is 16.2. The number of aromatic amines is 1. The molecule has 0 aliphatic carbocycles. The van der Waals surface area contributed by atoms with Gasteiger partial charge in [0.1, 0.15) is 23.0 Å². The van der Waals surface area contributed by atoms with E-state index in [1.54, 1.807) is 20.4 Å². The predicted octanol–water partition coefficient (Wildman–Crippen LogP) is 4.78. The highest BCUT2D eigenvalue weighted by atomic mass is 16.5. The maximum absolute atomic E-state index is 13.2. The minimum Gasteiger partial charge on any atom is -0.497 e. The molecule has 1 unspecified atom stereocenters. The van der Waals surface area contributed by atoms with Crippen LogP contribution in [0.3, 0.4) is 0 Å². The number of amides is 1. The Morgan fingerprint density at radius 3 is 2.85 bits per heavy atom. The van der Waals surface area contributed by atoms with Crippen LogP contribution < -0.4 is 9.47 Å². The average Bonchev–Trinajstić information content (AvgIpc) is 3.50. The first kappa shape index (κ1) is 21.1. The Balaban J connectivity index is 1.28. The number of rotatable bonds is 6. The summed E-state index contributed by atoms with van der Waals surface area (Å²) < 4.78 is 16.7. The van der Waals surface area contributed by atoms with Crippen molar-refractivity contribution in [2.45, 2.75) is 25.2 Å². The molecule has 3 heterocycles. The van der Waals surface area contributed by atoms with Gasteiger partial charge in [0.05, 0.1) is 26.3 Å². The van der Waals surface area contributed by atoms with E-state index in [4.69, 9.17) is 13.9 Å². The number of benzene rings is 2. The number of methoxy groups -OCH3 is 2. The molecule has 2 aromatic heterocycles. The molecule has 33 heavy (non-hydrogen) atoms. The Labute approximate surface area is 192 Å². The van der Waals surface area contributed by atoms with Crippen LogP contribution in [0.1, 0.15) is 46.5 Å². The quantitative estimate of drug-likeness (QED) is 0.462. The van der Waals surface area contributed by atoms with Crippen LogP contribution in [0.5, 0.6) is 11.5 Å². The van der Waals surface area contributed by atoms with Gasteiger partial charge in [0.15, 0.2) is 5.89 Å². The van der Waals surface area contributed by atoms with Gasteiger partial charge in [-0.2, -0.15) is 0 Å². The van der Waals surface area contributed by atoms with Crippen molar-refractivity contribution in [1.29, 1.82) is 0 Å². The van der Waals surface area contributed by atoms with E-state index in [0.29, 0.717) is 24.6 Å². The highest BCUT2D eigenvalue weighted by molar-refractivity contribution is 5.98. The van der Waals surface area contributed by atoms with E-state index in [2.05, 4.69) is 9.97 Å². The van der Waals surface area contributed by atoms with E-state index in [9.17, 15) is 4.79 Å². The number of piperidine rings is 1. The second-order valence-corrected chi connectivity index (χ2v) is 8.42. The maximum Gasteiger partial charge on any atom is 0.270 e. The number of fused-ring (bicyclic) bond motifs is 1. The summed E-state index contributed by atoms with van der Waals surface area (Å²) in [5.74, 6) is 3.19. The lowest BCUT2D eigenvalue weighted by atomic mass is 9.97. The van der Waals surface area contributed by atoms with Crippen LogP contribution >= 0.6 is 0 Å². The van der Waals surface area contributed by atoms with Crippen molar-refractivity contribution in [3.63, 3.8) is 0 Å². The number of nitrogens with one attached hydrogen (secondary N) is 1. The smallest absolute Gasteiger partial charge is 0.270 e. The van der Waals surface area contributed by atoms with Gasteiger partial charge >= 0.3 is 0 Å². The molecule has 7 heteroatoms. The maximum atomic E-state index is 13.2. The van der Waals surface area contributed by atoms with Gasteiger partial charge in [-0.05, 0) is 54.8 Å². The number of carbonyl (C=O) groups excluding carboxylic acids is 1. The second kappa shape index (κ2) is 9.02. The molecule has 1 saturated heterocycles. The minimum absolute atomic E-state index is 0.00183. The number of hydrogen-bond donors (Lipinski definition) is 1. The second-order valence-electron chi connectivity index (χ2n) is 8.42. The predicted molar refractivity (Wildman–Crippen MR) is 125 cm³/mol. The number of ether oxygens (including phenoxy) is 2. The minimum atomic E-state index is -0.00183. The number of likely N-dealkylation sites (tertiary alicyclic amines) is 1. The molecule has 0 saturated carbocycles. The molecule has 0 bridgehead atoms. The van der Waals surface area contributed by atoms with Crippen LogP contribution in [0, 0.1) is 0 Å². The van der Waals surface area contributed by atoms with Gasteiger partial charge in [0.2, 0.25) is 0 Å². The third-order valence-corrected chi connectivity index (χ3v) is 6.20. The molecule has 1 aliphatic rings. The van der Waals surface area contributed by atoms with Crippen LogP contribution in [0.4, 0.5) is 0 Å². The van der Waals surface area contributed by atoms with Crippen molar-refractivity contribution >= 4 is 16.8 Å². The van der Waals surface area contributed by atoms with Crippen LogP contribution in [0.2, 0.25) is 0 Å². The van der Waals surface area contributed by atoms with Crippen molar-refractivity contribution < 1.29 is 18.7 Å². The molecule has 1 atom stereocenters. The lowest BCUT2D eigenvalue weighted by Gasteiger charge is -2.31. The summed E-state index contributed by atoms with van der Waals surface area (Å²) >= 11 is 0. The fourth-order valence-electron chi connectivity index (χ4n) is 4.46. The number of carbonyl (C=O) groups is 1. The molecule has 1 N–H and O–H groups in total. The first-order chi connectivity index (χ1) is 16.1. The zero-order valence-electron chi connectivity index (χ0n) is 18.8. The molecule has 7 nitrogen and oxygen atoms in total. The van der Waals surface area contributed by atoms with Crippen LogP contribution in [0.25, 0.3) is 10.9 Å². The van der Waals surface area contributed by atoms with Gasteiger partial charge in [-0.1, -0.05) is 12.1 Å². The molecule has 5 rings (SSSR count). The van der Waals surface area contributed by atoms with Crippen LogP contribution in [0.15, 0.2) is 59.1 Å². The van der Waals surface area contributed by atoms with E-state index in [0.717, 1.165) is 53.1 Å². The number of oxazole rings is 1. The third-order valence-electron chi connectivity index (χ3n) is 6.20. The van der Waals surface area contributed by atoms with Gasteiger partial charge in [0.25, 0.3) is 5.91 Å². The van der Waals surface area contributed by atoms with Gasteiger partial charge in [-0.15, -0.1) is 0 Å². The fourth-order valence-corrected chi connectivity index (χ4v) is 4.46. The molecule has 0 radical (unpaired) electrons. The van der Waals surface area contributed by atoms with Gasteiger partial charge < -0.3 is 23.8 Å². The number of hydrogen-bond acceptors (Lipinski definition) is 5. The first-order valence-electron chi connectivity index (χ1n) is 11.2. The zero-order valence-corrected chi connectivity index (χ0v) is 18.8. The van der Waals surface area contributed by atoms with E-state index in [1.165, 1.54) is 0 Å². The van der Waals surface area contributed by atoms with E-state index in [1.807, 2.05) is 53.4 Å². The van der Waals surface area contributed by atoms with Crippen molar-refractivity contribution in [3.05, 3.63) is 77.6 Å². The molecular weight excluding hydrogens is 418 g/mol. The number of nitrogens with zero attached hydrogens (tertiary/aromatic N) is 2. The summed E-state index contributed by atoms with van der Waals surface area (Å²) in [5, 5.41) is 0.959. The average molecular weight is 446 g/mol. The Bertz CT molecular complexity index is 1280. The Hall–Kier alpha value is -3.74. The van der Waals surface area contributed by atoms with Crippen molar-refractivity contribution in [2.75, 3.05) is 27.3 Å². The summed E-state index contributed by atoms with van der Waals surface area (Å²) in [4.78, 5) is 22.9. The summed E-state index contributed by atoms with van der Waals surface area (Å²) in [7, 11) is 3.30. The van der Waals surface area contributed by atoms with E-state index in [-0.39, 0.29) is 11.8 Å². The summed E-state index contributed by atoms with van der Waals surface area (Å²) in [6.45, 7) is 1.32. The standard InChI is InChI=1S/C26H27N3O4/c1-31-20-7-3-5-17(11-20)12-22-15-27-25(33-22)18-6-4-10-29(16-18)26(30)24-14-19-13-21(32-2)8-9-23(19)28-24/h3,5,7-9,11,13-15,18,28H,4,6,10,12,16H2,1-2H3. The molecule has 170 valence electrons. The highest BCUT2D eigenvalue weighted by Gasteiger charge is 2.29. The highest BCUT2D eigenvalue weighted by Crippen LogP contribution is 2.29. The lowest BCUT2D eigenvalue weighted by Crippen LogP contribution is -2.39. The fraction of sp³-hybridized carbons (Fsp3) is 0.308. The Kier molecular flexibility index (Phi) is 5.77. The molecule has 2 aromatic carbocycles. The molecule has 1 aliphatic heterocycles. The molecular formula is C26H27N3O4. The van der Waals surface area contributed by atoms with E-state index >= 15 is 0 Å². The Morgan fingerprint density at radius 2 is 2.00 bits per heavy atom. The molecule has 1 amide bonds. The van der Waals surface area contributed by atoms with Crippen LogP contribution in [-0.2, 0) is 6.42 Å². The number of H-pyrrole nitrogens is 1. The SMILES string of the molecule is COc1cccc(Cc2cnc(C3CCCN(C(=O)c4cc5cc(OC)ccc5[nH]4)C3)o2)c1. The molecule has 0 spiro atoms. The third kappa shape index (κ3) is 4.44. The lowest BCUT2D eigenvalue weighted by molar-refractivity contribution is 0.0693. The topological polar surface area (TPSA) is 80.6 Å². The summed E-state index contributed by atoms with van der Waals surface area (Å²) in [5.41, 5.74) is 2.61. The molecule has 4 aromatic rings. The number of aromatic nitrogens is 2. The first-order valence-corrected chi connectivity index (χ1v) is 11.2. The summed E-state index contributed by atoms with van der Waals surface area (Å²) in [6.07, 6.45) is 4.31. The zero-order chi connectivity index (χ0) is 22.8. The largest absolute Gasteiger partial charge is 0.497 e. The van der Waals surface area contributed by atoms with Crippen molar-refractivity contribution in [3.8, 4) is 11.5 Å². The van der Waals surface area contributed by atoms with Gasteiger partial charge in [-0.3, -0.25) is 4.79 Å². The van der Waals surface area contributed by atoms with Crippen molar-refractivity contribution in [1.82, 2.24) is 14.9 Å². The van der Waals surface area contributed by atoms with Crippen molar-refractivity contribution in [2.24, 2.45) is 0 Å². The Morgan fingerprint density at radius 1 is 1.15 bits per heavy atom. The van der Waals surface area contributed by atoms with Gasteiger partial charge in [0, 0.05) is 30.4 Å².